The van der Waals surface area contributed by atoms with Crippen LogP contribution in [0.3, 0.4) is 0 Å². The van der Waals surface area contributed by atoms with Gasteiger partial charge < -0.3 is 19.7 Å². The van der Waals surface area contributed by atoms with E-state index in [1.165, 1.54) is 6.07 Å². The lowest BCUT2D eigenvalue weighted by Gasteiger charge is -2.36. The molecule has 1 aromatic carbocycles. The van der Waals surface area contributed by atoms with E-state index in [-0.39, 0.29) is 48.0 Å². The van der Waals surface area contributed by atoms with Crippen LogP contribution in [0.5, 0.6) is 0 Å². The first kappa shape index (κ1) is 28.2. The Balaban J connectivity index is 1.18. The number of nitrogens with zero attached hydrogens (tertiary/aromatic N) is 4. The standard InChI is InChI=1S/C31H33N5O5S/c1-20-18-36(11-10-28(20)40-2)30-5-3-4-25(35-30)26-9-8-22-16-32-24(15-27(22)34-26)17-33-31(37)21-6-7-23-19-41-12-13-42(38,39)29(23)14-21/h3-9,14-16,20,28H,10-13,17-19H2,1-2H3,(H,33,37)/t20-,28+/m1/s1. The Morgan fingerprint density at radius 1 is 1.12 bits per heavy atom. The van der Waals surface area contributed by atoms with Crippen molar-refractivity contribution in [2.24, 2.45) is 5.92 Å². The van der Waals surface area contributed by atoms with Crippen LogP contribution in [-0.4, -0.2) is 67.9 Å². The van der Waals surface area contributed by atoms with E-state index in [0.717, 1.165) is 47.6 Å². The number of fused-ring (bicyclic) bond motifs is 2. The van der Waals surface area contributed by atoms with Crippen molar-refractivity contribution in [1.29, 1.82) is 0 Å². The van der Waals surface area contributed by atoms with Gasteiger partial charge in [0.05, 0.1) is 59.1 Å². The van der Waals surface area contributed by atoms with E-state index >= 15 is 0 Å². The molecule has 218 valence electrons. The van der Waals surface area contributed by atoms with E-state index in [1.807, 2.05) is 36.4 Å². The number of nitrogens with one attached hydrogen (secondary N) is 1. The minimum atomic E-state index is -3.51. The molecule has 3 aromatic heterocycles. The predicted octanol–water partition coefficient (Wildman–Crippen LogP) is 3.79. The molecule has 0 unspecified atom stereocenters. The monoisotopic (exact) mass is 587 g/mol. The summed E-state index contributed by atoms with van der Waals surface area (Å²) in [6.45, 7) is 4.49. The third-order valence-electron chi connectivity index (χ3n) is 7.93. The number of pyridine rings is 3. The lowest BCUT2D eigenvalue weighted by Crippen LogP contribution is -2.43. The molecule has 10 nitrogen and oxygen atoms in total. The van der Waals surface area contributed by atoms with Crippen molar-refractivity contribution in [2.75, 3.05) is 37.5 Å². The average Bonchev–Trinajstić information content (AvgIpc) is 3.16. The van der Waals surface area contributed by atoms with E-state index in [0.29, 0.717) is 17.2 Å². The first-order chi connectivity index (χ1) is 20.3. The predicted molar refractivity (Wildman–Crippen MR) is 159 cm³/mol. The molecule has 0 saturated carbocycles. The number of amides is 1. The number of hydrogen-bond donors (Lipinski definition) is 1. The van der Waals surface area contributed by atoms with Gasteiger partial charge in [-0.2, -0.15) is 0 Å². The van der Waals surface area contributed by atoms with Crippen LogP contribution >= 0.6 is 0 Å². The van der Waals surface area contributed by atoms with E-state index in [4.69, 9.17) is 19.4 Å². The number of anilines is 1. The summed E-state index contributed by atoms with van der Waals surface area (Å²) < 4.78 is 36.2. The summed E-state index contributed by atoms with van der Waals surface area (Å²) in [5.74, 6) is 0.852. The summed E-state index contributed by atoms with van der Waals surface area (Å²) in [5.41, 5.74) is 3.74. The number of sulfone groups is 1. The Labute approximate surface area is 245 Å². The van der Waals surface area contributed by atoms with Gasteiger partial charge >= 0.3 is 0 Å². The van der Waals surface area contributed by atoms with Crippen molar-refractivity contribution >= 4 is 32.5 Å². The lowest BCUT2D eigenvalue weighted by molar-refractivity contribution is 0.0443. The third-order valence-corrected chi connectivity index (χ3v) is 9.68. The minimum absolute atomic E-state index is 0.104. The highest BCUT2D eigenvalue weighted by Gasteiger charge is 2.27. The van der Waals surface area contributed by atoms with Crippen LogP contribution in [0, 0.1) is 5.92 Å². The van der Waals surface area contributed by atoms with Crippen molar-refractivity contribution in [1.82, 2.24) is 20.3 Å². The molecule has 1 fully saturated rings. The van der Waals surface area contributed by atoms with E-state index in [9.17, 15) is 13.2 Å². The maximum Gasteiger partial charge on any atom is 0.251 e. The normalized spacial score (nSPS) is 20.1. The van der Waals surface area contributed by atoms with Gasteiger partial charge in [-0.3, -0.25) is 9.78 Å². The zero-order chi connectivity index (χ0) is 29.3. The quantitative estimate of drug-likeness (QED) is 0.359. The topological polar surface area (TPSA) is 124 Å². The fraction of sp³-hybridized carbons (Fsp3) is 0.355. The number of carbonyl (C=O) groups excluding carboxylic acids is 1. The molecule has 0 bridgehead atoms. The van der Waals surface area contributed by atoms with Crippen molar-refractivity contribution in [2.45, 2.75) is 37.5 Å². The summed E-state index contributed by atoms with van der Waals surface area (Å²) in [6.07, 6.45) is 2.96. The van der Waals surface area contributed by atoms with Crippen LogP contribution in [0.1, 0.15) is 35.0 Å². The molecule has 0 spiro atoms. The van der Waals surface area contributed by atoms with Crippen LogP contribution in [0.25, 0.3) is 22.3 Å². The summed E-state index contributed by atoms with van der Waals surface area (Å²) in [5, 5.41) is 3.72. The minimum Gasteiger partial charge on any atom is -0.381 e. The largest absolute Gasteiger partial charge is 0.381 e. The van der Waals surface area contributed by atoms with Gasteiger partial charge in [0, 0.05) is 37.3 Å². The Hall–Kier alpha value is -3.93. The summed E-state index contributed by atoms with van der Waals surface area (Å²) in [6, 6.07) is 16.4. The van der Waals surface area contributed by atoms with E-state index in [1.54, 1.807) is 25.4 Å². The first-order valence-corrected chi connectivity index (χ1v) is 15.7. The molecular formula is C31H33N5O5S. The Bertz CT molecular complexity index is 1750. The average molecular weight is 588 g/mol. The maximum atomic E-state index is 12.9. The molecular weight excluding hydrogens is 554 g/mol. The van der Waals surface area contributed by atoms with Gasteiger partial charge in [0.25, 0.3) is 5.91 Å². The van der Waals surface area contributed by atoms with Crippen LogP contribution in [-0.2, 0) is 32.5 Å². The highest BCUT2D eigenvalue weighted by molar-refractivity contribution is 7.91. The number of aromatic nitrogens is 3. The Morgan fingerprint density at radius 3 is 2.81 bits per heavy atom. The molecule has 42 heavy (non-hydrogen) atoms. The first-order valence-electron chi connectivity index (χ1n) is 14.0. The van der Waals surface area contributed by atoms with Gasteiger partial charge in [-0.25, -0.2) is 18.4 Å². The van der Waals surface area contributed by atoms with Crippen molar-refractivity contribution in [3.05, 3.63) is 77.6 Å². The molecule has 11 heteroatoms. The van der Waals surface area contributed by atoms with Crippen LogP contribution in [0.2, 0.25) is 0 Å². The number of benzene rings is 1. The van der Waals surface area contributed by atoms with Gasteiger partial charge in [-0.15, -0.1) is 0 Å². The molecule has 2 atom stereocenters. The number of ether oxygens (including phenoxy) is 2. The SMILES string of the molecule is CO[C@H]1CCN(c2cccc(-c3ccc4cnc(CNC(=O)c5ccc6c(c5)S(=O)(=O)CCOC6)cc4n3)n2)C[C@H]1C. The highest BCUT2D eigenvalue weighted by atomic mass is 32.2. The zero-order valence-corrected chi connectivity index (χ0v) is 24.4. The van der Waals surface area contributed by atoms with E-state index in [2.05, 4.69) is 22.1 Å². The number of piperidine rings is 1. The molecule has 4 aromatic rings. The molecule has 2 aliphatic rings. The number of hydrogen-bond acceptors (Lipinski definition) is 9. The number of methoxy groups -OCH3 is 1. The van der Waals surface area contributed by atoms with E-state index < -0.39 is 9.84 Å². The molecule has 0 radical (unpaired) electrons. The van der Waals surface area contributed by atoms with Gasteiger partial charge in [-0.1, -0.05) is 19.1 Å². The van der Waals surface area contributed by atoms with Crippen LogP contribution in [0.15, 0.2) is 65.7 Å². The Morgan fingerprint density at radius 2 is 1.98 bits per heavy atom. The lowest BCUT2D eigenvalue weighted by atomic mass is 9.96. The van der Waals surface area contributed by atoms with Crippen molar-refractivity contribution < 1.29 is 22.7 Å². The summed E-state index contributed by atoms with van der Waals surface area (Å²) in [4.78, 5) is 29.6. The molecule has 1 saturated heterocycles. The van der Waals surface area contributed by atoms with Crippen LogP contribution in [0.4, 0.5) is 5.82 Å². The molecule has 2 aliphatic heterocycles. The fourth-order valence-corrected chi connectivity index (χ4v) is 6.95. The Kier molecular flexibility index (Phi) is 7.89. The number of carbonyl (C=O) groups is 1. The smallest absolute Gasteiger partial charge is 0.251 e. The molecule has 1 N–H and O–H groups in total. The van der Waals surface area contributed by atoms with Crippen molar-refractivity contribution in [3.63, 3.8) is 0 Å². The zero-order valence-electron chi connectivity index (χ0n) is 23.6. The van der Waals surface area contributed by atoms with Gasteiger partial charge in [0.2, 0.25) is 0 Å². The second kappa shape index (κ2) is 11.7. The maximum absolute atomic E-state index is 12.9. The van der Waals surface area contributed by atoms with Gasteiger partial charge in [-0.05, 0) is 60.4 Å². The second-order valence-corrected chi connectivity index (χ2v) is 12.9. The third kappa shape index (κ3) is 5.85. The molecule has 1 amide bonds. The van der Waals surface area contributed by atoms with Gasteiger partial charge in [0.1, 0.15) is 5.82 Å². The molecule has 0 aliphatic carbocycles. The fourth-order valence-electron chi connectivity index (χ4n) is 5.56. The van der Waals surface area contributed by atoms with Crippen LogP contribution < -0.4 is 10.2 Å². The highest BCUT2D eigenvalue weighted by Crippen LogP contribution is 2.27. The van der Waals surface area contributed by atoms with Gasteiger partial charge in [0.15, 0.2) is 9.84 Å². The summed E-state index contributed by atoms with van der Waals surface area (Å²) in [7, 11) is -1.73. The van der Waals surface area contributed by atoms with Crippen molar-refractivity contribution in [3.8, 4) is 11.4 Å². The molecule has 5 heterocycles. The second-order valence-electron chi connectivity index (χ2n) is 10.8. The summed E-state index contributed by atoms with van der Waals surface area (Å²) >= 11 is 0. The number of rotatable bonds is 6. The molecule has 6 rings (SSSR count).